The summed E-state index contributed by atoms with van der Waals surface area (Å²) < 4.78 is 45.4. The van der Waals surface area contributed by atoms with E-state index in [1.165, 1.54) is 13.2 Å². The molecule has 2 aromatic heterocycles. The first-order valence-corrected chi connectivity index (χ1v) is 8.22. The Morgan fingerprint density at radius 1 is 1.30 bits per heavy atom. The van der Waals surface area contributed by atoms with Gasteiger partial charge in [0.15, 0.2) is 0 Å². The maximum absolute atomic E-state index is 12.8. The van der Waals surface area contributed by atoms with E-state index in [0.29, 0.717) is 17.0 Å². The van der Waals surface area contributed by atoms with Gasteiger partial charge in [-0.15, -0.1) is 0 Å². The number of nitrogens with zero attached hydrogens (tertiary/aromatic N) is 3. The maximum atomic E-state index is 12.8. The summed E-state index contributed by atoms with van der Waals surface area (Å²) in [4.78, 5) is 15.8. The quantitative estimate of drug-likeness (QED) is 0.725. The van der Waals surface area contributed by atoms with E-state index in [9.17, 15) is 18.0 Å². The Balaban J connectivity index is 1.92. The molecule has 27 heavy (non-hydrogen) atoms. The molecule has 0 atom stereocenters. The first-order chi connectivity index (χ1) is 12.8. The second-order valence-electron chi connectivity index (χ2n) is 5.86. The normalized spacial score (nSPS) is 11.6. The van der Waals surface area contributed by atoms with Gasteiger partial charge in [0.05, 0.1) is 18.3 Å². The van der Waals surface area contributed by atoms with Crippen molar-refractivity contribution in [3.8, 4) is 5.75 Å². The first-order valence-electron chi connectivity index (χ1n) is 8.22. The summed E-state index contributed by atoms with van der Waals surface area (Å²) in [6, 6.07) is 6.50. The zero-order valence-electron chi connectivity index (χ0n) is 14.7. The number of amides is 1. The zero-order chi connectivity index (χ0) is 19.6. The molecule has 142 valence electrons. The molecule has 0 aliphatic carbocycles. The number of pyridine rings is 1. The lowest BCUT2D eigenvalue weighted by atomic mass is 10.2. The molecule has 2 heterocycles. The molecule has 0 saturated heterocycles. The average molecular weight is 378 g/mol. The van der Waals surface area contributed by atoms with Crippen molar-refractivity contribution in [1.82, 2.24) is 14.8 Å². The molecule has 1 aromatic carbocycles. The van der Waals surface area contributed by atoms with Crippen molar-refractivity contribution in [2.24, 2.45) is 0 Å². The molecule has 6 nitrogen and oxygen atoms in total. The zero-order valence-corrected chi connectivity index (χ0v) is 14.7. The van der Waals surface area contributed by atoms with Gasteiger partial charge in [0.25, 0.3) is 5.91 Å². The van der Waals surface area contributed by atoms with Crippen molar-refractivity contribution in [3.05, 3.63) is 47.9 Å². The number of aromatic nitrogens is 3. The largest absolute Gasteiger partial charge is 0.494 e. The molecule has 9 heteroatoms. The maximum Gasteiger partial charge on any atom is 0.433 e. The predicted molar refractivity (Wildman–Crippen MR) is 93.8 cm³/mol. The van der Waals surface area contributed by atoms with Crippen LogP contribution in [-0.4, -0.2) is 27.8 Å². The number of methoxy groups -OCH3 is 1. The Kier molecular flexibility index (Phi) is 5.02. The van der Waals surface area contributed by atoms with Crippen LogP contribution in [0.2, 0.25) is 0 Å². The molecule has 1 amide bonds. The SMILES string of the molecule is CCCn1cc2cc(NC(=O)c3cccc(C(F)(F)F)n3)c(OC)cc2n1. The van der Waals surface area contributed by atoms with Gasteiger partial charge >= 0.3 is 6.18 Å². The Hall–Kier alpha value is -3.10. The fourth-order valence-corrected chi connectivity index (χ4v) is 2.62. The van der Waals surface area contributed by atoms with Gasteiger partial charge in [-0.3, -0.25) is 9.48 Å². The van der Waals surface area contributed by atoms with E-state index in [0.717, 1.165) is 30.5 Å². The standard InChI is InChI=1S/C18H17F3N4O2/c1-3-7-25-10-11-8-14(15(27-2)9-13(11)24-25)23-17(26)12-5-4-6-16(22-12)18(19,20)21/h4-6,8-10H,3,7H2,1-2H3,(H,23,26). The number of alkyl halides is 3. The van der Waals surface area contributed by atoms with E-state index in [1.54, 1.807) is 16.8 Å². The van der Waals surface area contributed by atoms with Crippen LogP contribution < -0.4 is 10.1 Å². The van der Waals surface area contributed by atoms with Crippen LogP contribution in [0, 0.1) is 0 Å². The van der Waals surface area contributed by atoms with Crippen LogP contribution in [-0.2, 0) is 12.7 Å². The van der Waals surface area contributed by atoms with Crippen molar-refractivity contribution < 1.29 is 22.7 Å². The van der Waals surface area contributed by atoms with Gasteiger partial charge in [0, 0.05) is 24.2 Å². The van der Waals surface area contributed by atoms with Crippen LogP contribution in [0.25, 0.3) is 10.9 Å². The second kappa shape index (κ2) is 7.26. The number of carbonyl (C=O) groups excluding carboxylic acids is 1. The molecule has 0 bridgehead atoms. The number of halogens is 3. The minimum absolute atomic E-state index is 0.324. The molecule has 0 fully saturated rings. The Morgan fingerprint density at radius 3 is 2.74 bits per heavy atom. The third-order valence-corrected chi connectivity index (χ3v) is 3.85. The molecular weight excluding hydrogens is 361 g/mol. The van der Waals surface area contributed by atoms with E-state index < -0.39 is 17.8 Å². The summed E-state index contributed by atoms with van der Waals surface area (Å²) >= 11 is 0. The van der Waals surface area contributed by atoms with Gasteiger partial charge in [-0.25, -0.2) is 4.98 Å². The lowest BCUT2D eigenvalue weighted by Gasteiger charge is -2.11. The Labute approximate surface area is 153 Å². The van der Waals surface area contributed by atoms with Crippen molar-refractivity contribution >= 4 is 22.5 Å². The highest BCUT2D eigenvalue weighted by Crippen LogP contribution is 2.31. The number of fused-ring (bicyclic) bond motifs is 1. The van der Waals surface area contributed by atoms with Gasteiger partial charge in [0.1, 0.15) is 17.1 Å². The smallest absolute Gasteiger partial charge is 0.433 e. The topological polar surface area (TPSA) is 69.0 Å². The van der Waals surface area contributed by atoms with Gasteiger partial charge in [-0.05, 0) is 24.6 Å². The van der Waals surface area contributed by atoms with Gasteiger partial charge in [0.2, 0.25) is 0 Å². The summed E-state index contributed by atoms with van der Waals surface area (Å²) in [6.45, 7) is 2.77. The minimum Gasteiger partial charge on any atom is -0.494 e. The summed E-state index contributed by atoms with van der Waals surface area (Å²) in [7, 11) is 1.43. The molecule has 0 unspecified atom stereocenters. The van der Waals surface area contributed by atoms with E-state index in [-0.39, 0.29) is 5.69 Å². The predicted octanol–water partition coefficient (Wildman–Crippen LogP) is 4.12. The number of aryl methyl sites for hydroxylation is 1. The number of hydrogen-bond donors (Lipinski definition) is 1. The number of carbonyl (C=O) groups is 1. The van der Waals surface area contributed by atoms with Gasteiger partial charge in [-0.2, -0.15) is 18.3 Å². The highest BCUT2D eigenvalue weighted by molar-refractivity contribution is 6.05. The highest BCUT2D eigenvalue weighted by atomic mass is 19.4. The van der Waals surface area contributed by atoms with E-state index in [2.05, 4.69) is 15.4 Å². The summed E-state index contributed by atoms with van der Waals surface area (Å²) in [5.41, 5.74) is -0.451. The summed E-state index contributed by atoms with van der Waals surface area (Å²) in [5.74, 6) is -0.413. The molecule has 0 saturated carbocycles. The number of rotatable bonds is 5. The number of hydrogen-bond acceptors (Lipinski definition) is 4. The van der Waals surface area contributed by atoms with Crippen molar-refractivity contribution in [3.63, 3.8) is 0 Å². The van der Waals surface area contributed by atoms with E-state index >= 15 is 0 Å². The molecule has 3 aromatic rings. The average Bonchev–Trinajstić information content (AvgIpc) is 3.02. The Morgan fingerprint density at radius 2 is 2.07 bits per heavy atom. The number of ether oxygens (including phenoxy) is 1. The summed E-state index contributed by atoms with van der Waals surface area (Å²) in [5, 5.41) is 7.75. The summed E-state index contributed by atoms with van der Waals surface area (Å²) in [6.07, 6.45) is -1.88. The fraction of sp³-hybridized carbons (Fsp3) is 0.278. The molecule has 3 rings (SSSR count). The third-order valence-electron chi connectivity index (χ3n) is 3.85. The fourth-order valence-electron chi connectivity index (χ4n) is 2.62. The lowest BCUT2D eigenvalue weighted by Crippen LogP contribution is -2.17. The van der Waals surface area contributed by atoms with Crippen LogP contribution in [0.3, 0.4) is 0 Å². The lowest BCUT2D eigenvalue weighted by molar-refractivity contribution is -0.141. The number of nitrogens with one attached hydrogen (secondary N) is 1. The van der Waals surface area contributed by atoms with Crippen LogP contribution in [0.15, 0.2) is 36.5 Å². The highest BCUT2D eigenvalue weighted by Gasteiger charge is 2.33. The first kappa shape index (κ1) is 18.7. The van der Waals surface area contributed by atoms with Gasteiger partial charge < -0.3 is 10.1 Å². The van der Waals surface area contributed by atoms with Crippen LogP contribution in [0.4, 0.5) is 18.9 Å². The molecule has 0 radical (unpaired) electrons. The van der Waals surface area contributed by atoms with Crippen molar-refractivity contribution in [1.29, 1.82) is 0 Å². The molecular formula is C18H17F3N4O2. The second-order valence-corrected chi connectivity index (χ2v) is 5.86. The van der Waals surface area contributed by atoms with E-state index in [1.807, 2.05) is 13.1 Å². The third kappa shape index (κ3) is 4.02. The van der Waals surface area contributed by atoms with Crippen molar-refractivity contribution in [2.75, 3.05) is 12.4 Å². The van der Waals surface area contributed by atoms with Crippen LogP contribution in [0.1, 0.15) is 29.5 Å². The van der Waals surface area contributed by atoms with Gasteiger partial charge in [-0.1, -0.05) is 13.0 Å². The van der Waals surface area contributed by atoms with Crippen LogP contribution >= 0.6 is 0 Å². The van der Waals surface area contributed by atoms with Crippen molar-refractivity contribution in [2.45, 2.75) is 26.1 Å². The minimum atomic E-state index is -4.62. The van der Waals surface area contributed by atoms with E-state index in [4.69, 9.17) is 4.74 Å². The molecule has 0 aliphatic heterocycles. The molecule has 0 spiro atoms. The Bertz CT molecular complexity index is 982. The number of benzene rings is 1. The monoisotopic (exact) mass is 378 g/mol. The van der Waals surface area contributed by atoms with Crippen LogP contribution in [0.5, 0.6) is 5.75 Å². The molecule has 0 aliphatic rings. The molecule has 1 N–H and O–H groups in total. The number of anilines is 1.